The molecular weight excluding hydrogens is 292 g/mol. The zero-order chi connectivity index (χ0) is 15.5. The smallest absolute Gasteiger partial charge is 0.159 e. The molecule has 3 aromatic rings. The Morgan fingerprint density at radius 3 is 2.73 bits per heavy atom. The van der Waals surface area contributed by atoms with Crippen molar-refractivity contribution in [1.29, 1.82) is 0 Å². The molecule has 0 radical (unpaired) electrons. The molecule has 0 saturated heterocycles. The first-order chi connectivity index (χ1) is 10.7. The quantitative estimate of drug-likeness (QED) is 0.553. The summed E-state index contributed by atoms with van der Waals surface area (Å²) in [6.07, 6.45) is 2.49. The lowest BCUT2D eigenvalue weighted by molar-refractivity contribution is 1.16. The van der Waals surface area contributed by atoms with E-state index in [-0.39, 0.29) is 0 Å². The van der Waals surface area contributed by atoms with Crippen molar-refractivity contribution in [3.8, 4) is 11.1 Å². The third-order valence-corrected chi connectivity index (χ3v) is 4.48. The van der Waals surface area contributed by atoms with Crippen LogP contribution in [-0.2, 0) is 0 Å². The normalized spacial score (nSPS) is 11.9. The van der Waals surface area contributed by atoms with Gasteiger partial charge in [0.15, 0.2) is 5.82 Å². The molecule has 0 bridgehead atoms. The van der Waals surface area contributed by atoms with Gasteiger partial charge < -0.3 is 0 Å². The fourth-order valence-electron chi connectivity index (χ4n) is 2.13. The molecule has 4 nitrogen and oxygen atoms in total. The van der Waals surface area contributed by atoms with Crippen molar-refractivity contribution in [3.63, 3.8) is 0 Å². The number of rotatable bonds is 4. The Labute approximate surface area is 133 Å². The third kappa shape index (κ3) is 2.85. The molecule has 22 heavy (non-hydrogen) atoms. The largest absolute Gasteiger partial charge is 0.261 e. The minimum atomic E-state index is 0.759. The van der Waals surface area contributed by atoms with Gasteiger partial charge >= 0.3 is 0 Å². The lowest BCUT2D eigenvalue weighted by Gasteiger charge is -2.06. The minimum Gasteiger partial charge on any atom is -0.261 e. The number of hydrogen-bond acceptors (Lipinski definition) is 5. The summed E-state index contributed by atoms with van der Waals surface area (Å²) in [5.41, 5.74) is 7.70. The Bertz CT molecular complexity index is 818. The molecule has 2 heterocycles. The molecule has 112 valence electrons. The molecule has 1 aromatic carbocycles. The average Bonchev–Trinajstić information content (AvgIpc) is 2.98. The summed E-state index contributed by atoms with van der Waals surface area (Å²) in [7, 11) is 0. The predicted molar refractivity (Wildman–Crippen MR) is 94.6 cm³/mol. The Balaban J connectivity index is 2.10. The number of benzene rings is 1. The summed E-state index contributed by atoms with van der Waals surface area (Å²) >= 11 is 1.63. The Morgan fingerprint density at radius 2 is 2.00 bits per heavy atom. The highest BCUT2D eigenvalue weighted by molar-refractivity contribution is 7.17. The molecular formula is C17H18N4S. The highest BCUT2D eigenvalue weighted by Crippen LogP contribution is 2.36. The zero-order valence-corrected chi connectivity index (χ0v) is 13.7. The minimum absolute atomic E-state index is 0.759. The topological polar surface area (TPSA) is 50.2 Å². The standard InChI is InChI=1S/C17H18N4S/c1-4-12(3)20-21-16-15-14(9-22-17(15)19-10-18-16)13-7-5-11(2)6-8-13/h5-10H,4H2,1-3H3,(H,18,19,21)/b20-12-. The first kappa shape index (κ1) is 14.7. The second-order valence-corrected chi connectivity index (χ2v) is 6.09. The van der Waals surface area contributed by atoms with Gasteiger partial charge in [0.1, 0.15) is 11.2 Å². The molecule has 3 rings (SSSR count). The van der Waals surface area contributed by atoms with E-state index in [1.54, 1.807) is 17.7 Å². The van der Waals surface area contributed by atoms with Crippen LogP contribution in [0.25, 0.3) is 21.3 Å². The van der Waals surface area contributed by atoms with Crippen molar-refractivity contribution in [3.05, 3.63) is 41.5 Å². The van der Waals surface area contributed by atoms with Crippen molar-refractivity contribution in [2.24, 2.45) is 5.10 Å². The van der Waals surface area contributed by atoms with E-state index >= 15 is 0 Å². The molecule has 0 aliphatic carbocycles. The zero-order valence-electron chi connectivity index (χ0n) is 12.9. The summed E-state index contributed by atoms with van der Waals surface area (Å²) in [4.78, 5) is 9.71. The Kier molecular flexibility index (Phi) is 4.15. The van der Waals surface area contributed by atoms with Gasteiger partial charge in [0.05, 0.1) is 5.39 Å². The highest BCUT2D eigenvalue weighted by Gasteiger charge is 2.12. The second kappa shape index (κ2) is 6.23. The molecule has 2 aromatic heterocycles. The van der Waals surface area contributed by atoms with E-state index < -0.39 is 0 Å². The van der Waals surface area contributed by atoms with E-state index in [1.807, 2.05) is 6.92 Å². The molecule has 0 spiro atoms. The lowest BCUT2D eigenvalue weighted by Crippen LogP contribution is -1.98. The molecule has 0 atom stereocenters. The van der Waals surface area contributed by atoms with E-state index in [0.29, 0.717) is 0 Å². The SMILES string of the molecule is CC/C(C)=N\Nc1ncnc2scc(-c3ccc(C)cc3)c12. The molecule has 0 fully saturated rings. The van der Waals surface area contributed by atoms with Gasteiger partial charge in [0.25, 0.3) is 0 Å². The average molecular weight is 310 g/mol. The van der Waals surface area contributed by atoms with Gasteiger partial charge in [0.2, 0.25) is 0 Å². The van der Waals surface area contributed by atoms with Crippen LogP contribution in [0, 0.1) is 6.92 Å². The van der Waals surface area contributed by atoms with Gasteiger partial charge in [-0.05, 0) is 25.8 Å². The molecule has 1 N–H and O–H groups in total. The first-order valence-corrected chi connectivity index (χ1v) is 8.15. The van der Waals surface area contributed by atoms with Crippen LogP contribution in [0.1, 0.15) is 25.8 Å². The van der Waals surface area contributed by atoms with E-state index in [2.05, 4.69) is 64.0 Å². The number of nitrogens with zero attached hydrogens (tertiary/aromatic N) is 3. The molecule has 0 amide bonds. The van der Waals surface area contributed by atoms with E-state index in [0.717, 1.165) is 33.7 Å². The fourth-order valence-corrected chi connectivity index (χ4v) is 3.05. The lowest BCUT2D eigenvalue weighted by atomic mass is 10.0. The van der Waals surface area contributed by atoms with Crippen LogP contribution < -0.4 is 5.43 Å². The summed E-state index contributed by atoms with van der Waals surface area (Å²) < 4.78 is 0. The second-order valence-electron chi connectivity index (χ2n) is 5.23. The van der Waals surface area contributed by atoms with Crippen LogP contribution in [0.5, 0.6) is 0 Å². The van der Waals surface area contributed by atoms with Crippen molar-refractivity contribution in [2.45, 2.75) is 27.2 Å². The highest BCUT2D eigenvalue weighted by atomic mass is 32.1. The van der Waals surface area contributed by atoms with E-state index in [9.17, 15) is 0 Å². The van der Waals surface area contributed by atoms with Crippen molar-refractivity contribution < 1.29 is 0 Å². The van der Waals surface area contributed by atoms with Crippen LogP contribution >= 0.6 is 11.3 Å². The van der Waals surface area contributed by atoms with E-state index in [4.69, 9.17) is 0 Å². The number of hydrogen-bond donors (Lipinski definition) is 1. The van der Waals surface area contributed by atoms with Crippen molar-refractivity contribution >= 4 is 33.1 Å². The Morgan fingerprint density at radius 1 is 1.23 bits per heavy atom. The van der Waals surface area contributed by atoms with Crippen LogP contribution in [0.3, 0.4) is 0 Å². The molecule has 0 saturated carbocycles. The molecule has 0 aliphatic rings. The number of thiophene rings is 1. The van der Waals surface area contributed by atoms with Crippen LogP contribution in [0.4, 0.5) is 5.82 Å². The van der Waals surface area contributed by atoms with Crippen LogP contribution in [-0.4, -0.2) is 15.7 Å². The first-order valence-electron chi connectivity index (χ1n) is 7.27. The summed E-state index contributed by atoms with van der Waals surface area (Å²) in [6.45, 7) is 6.17. The molecule has 0 unspecified atom stereocenters. The maximum Gasteiger partial charge on any atom is 0.159 e. The van der Waals surface area contributed by atoms with Gasteiger partial charge in [-0.25, -0.2) is 9.97 Å². The van der Waals surface area contributed by atoms with Gasteiger partial charge in [-0.1, -0.05) is 36.8 Å². The number of fused-ring (bicyclic) bond motifs is 1. The number of aromatic nitrogens is 2. The fraction of sp³-hybridized carbons (Fsp3) is 0.235. The number of hydrazone groups is 1. The summed E-state index contributed by atoms with van der Waals surface area (Å²) in [6, 6.07) is 8.51. The monoisotopic (exact) mass is 310 g/mol. The van der Waals surface area contributed by atoms with Gasteiger partial charge in [-0.2, -0.15) is 5.10 Å². The van der Waals surface area contributed by atoms with Gasteiger partial charge in [-0.3, -0.25) is 5.43 Å². The van der Waals surface area contributed by atoms with Gasteiger partial charge in [-0.15, -0.1) is 11.3 Å². The predicted octanol–water partition coefficient (Wildman–Crippen LogP) is 4.86. The summed E-state index contributed by atoms with van der Waals surface area (Å²) in [5, 5.41) is 7.53. The van der Waals surface area contributed by atoms with Crippen LogP contribution in [0.15, 0.2) is 41.1 Å². The van der Waals surface area contributed by atoms with Gasteiger partial charge in [0, 0.05) is 16.7 Å². The third-order valence-electron chi connectivity index (χ3n) is 3.60. The summed E-state index contributed by atoms with van der Waals surface area (Å²) in [5.74, 6) is 0.759. The van der Waals surface area contributed by atoms with Crippen molar-refractivity contribution in [1.82, 2.24) is 9.97 Å². The molecule has 5 heteroatoms. The number of aryl methyl sites for hydroxylation is 1. The van der Waals surface area contributed by atoms with Crippen LogP contribution in [0.2, 0.25) is 0 Å². The number of nitrogens with one attached hydrogen (secondary N) is 1. The van der Waals surface area contributed by atoms with E-state index in [1.165, 1.54) is 11.1 Å². The number of anilines is 1. The van der Waals surface area contributed by atoms with Crippen molar-refractivity contribution in [2.75, 3.05) is 5.43 Å². The maximum absolute atomic E-state index is 4.37. The Hall–Kier alpha value is -2.27. The maximum atomic E-state index is 4.37. The molecule has 0 aliphatic heterocycles.